The minimum atomic E-state index is 0.401. The van der Waals surface area contributed by atoms with Gasteiger partial charge in [0.05, 0.1) is 6.61 Å². The van der Waals surface area contributed by atoms with Crippen molar-refractivity contribution < 1.29 is 4.74 Å². The third-order valence-electron chi connectivity index (χ3n) is 4.84. The standard InChI is InChI=1S/C15H30N2O/c1-14-6-4-3-5-11-17(14)12-15(13-18-2)7-9-16-10-8-15/h14,16H,3-13H2,1-2H3. The summed E-state index contributed by atoms with van der Waals surface area (Å²) in [5.41, 5.74) is 0.401. The predicted octanol–water partition coefficient (Wildman–Crippen LogP) is 2.27. The third kappa shape index (κ3) is 3.69. The number of piperidine rings is 1. The van der Waals surface area contributed by atoms with Crippen LogP contribution in [-0.2, 0) is 4.74 Å². The van der Waals surface area contributed by atoms with Crippen LogP contribution in [0.25, 0.3) is 0 Å². The van der Waals surface area contributed by atoms with Crippen LogP contribution in [0.4, 0.5) is 0 Å². The predicted molar refractivity (Wildman–Crippen MR) is 75.9 cm³/mol. The number of nitrogens with zero attached hydrogens (tertiary/aromatic N) is 1. The van der Waals surface area contributed by atoms with Gasteiger partial charge in [-0.3, -0.25) is 0 Å². The van der Waals surface area contributed by atoms with Gasteiger partial charge < -0.3 is 15.0 Å². The van der Waals surface area contributed by atoms with E-state index in [9.17, 15) is 0 Å². The summed E-state index contributed by atoms with van der Waals surface area (Å²) in [6.07, 6.45) is 8.12. The van der Waals surface area contributed by atoms with E-state index < -0.39 is 0 Å². The number of nitrogens with one attached hydrogen (secondary N) is 1. The highest BCUT2D eigenvalue weighted by molar-refractivity contribution is 4.89. The summed E-state index contributed by atoms with van der Waals surface area (Å²) in [6, 6.07) is 0.760. The quantitative estimate of drug-likeness (QED) is 0.833. The maximum atomic E-state index is 5.54. The molecule has 0 aromatic heterocycles. The fourth-order valence-electron chi connectivity index (χ4n) is 3.61. The average molecular weight is 254 g/mol. The third-order valence-corrected chi connectivity index (χ3v) is 4.84. The van der Waals surface area contributed by atoms with E-state index in [1.54, 1.807) is 0 Å². The molecule has 2 fully saturated rings. The van der Waals surface area contributed by atoms with Crippen LogP contribution < -0.4 is 5.32 Å². The van der Waals surface area contributed by atoms with Crippen LogP contribution in [-0.4, -0.2) is 50.8 Å². The molecule has 0 radical (unpaired) electrons. The molecule has 2 heterocycles. The lowest BCUT2D eigenvalue weighted by Crippen LogP contribution is -2.49. The molecule has 0 aliphatic carbocycles. The molecule has 0 bridgehead atoms. The molecular weight excluding hydrogens is 224 g/mol. The Labute approximate surface area is 112 Å². The summed E-state index contributed by atoms with van der Waals surface area (Å²) >= 11 is 0. The van der Waals surface area contributed by atoms with Crippen LogP contribution in [0.1, 0.15) is 45.4 Å². The molecule has 1 unspecified atom stereocenters. The van der Waals surface area contributed by atoms with Gasteiger partial charge in [0, 0.05) is 25.1 Å². The number of methoxy groups -OCH3 is 1. The van der Waals surface area contributed by atoms with Crippen molar-refractivity contribution in [2.45, 2.75) is 51.5 Å². The lowest BCUT2D eigenvalue weighted by atomic mass is 9.79. The van der Waals surface area contributed by atoms with Gasteiger partial charge in [-0.1, -0.05) is 12.8 Å². The molecule has 0 saturated carbocycles. The van der Waals surface area contributed by atoms with Crippen molar-refractivity contribution in [3.63, 3.8) is 0 Å². The van der Waals surface area contributed by atoms with E-state index in [-0.39, 0.29) is 0 Å². The lowest BCUT2D eigenvalue weighted by Gasteiger charge is -2.42. The molecule has 1 N–H and O–H groups in total. The zero-order valence-electron chi connectivity index (χ0n) is 12.2. The first-order valence-corrected chi connectivity index (χ1v) is 7.69. The van der Waals surface area contributed by atoms with Crippen molar-refractivity contribution >= 4 is 0 Å². The molecule has 1 atom stereocenters. The van der Waals surface area contributed by atoms with Crippen molar-refractivity contribution in [3.8, 4) is 0 Å². The van der Waals surface area contributed by atoms with Crippen molar-refractivity contribution in [2.24, 2.45) is 5.41 Å². The van der Waals surface area contributed by atoms with Gasteiger partial charge in [0.15, 0.2) is 0 Å². The molecule has 106 valence electrons. The summed E-state index contributed by atoms with van der Waals surface area (Å²) in [4.78, 5) is 2.73. The minimum absolute atomic E-state index is 0.401. The Kier molecular flexibility index (Phi) is 5.46. The van der Waals surface area contributed by atoms with Crippen LogP contribution >= 0.6 is 0 Å². The normalized spacial score (nSPS) is 30.0. The van der Waals surface area contributed by atoms with Gasteiger partial charge in [-0.15, -0.1) is 0 Å². The van der Waals surface area contributed by atoms with E-state index in [1.807, 2.05) is 7.11 Å². The molecule has 3 nitrogen and oxygen atoms in total. The van der Waals surface area contributed by atoms with Gasteiger partial charge in [-0.2, -0.15) is 0 Å². The molecule has 3 heteroatoms. The van der Waals surface area contributed by atoms with E-state index in [0.717, 1.165) is 25.7 Å². The van der Waals surface area contributed by atoms with E-state index in [4.69, 9.17) is 4.74 Å². The first-order valence-electron chi connectivity index (χ1n) is 7.69. The molecule has 2 aliphatic heterocycles. The fraction of sp³-hybridized carbons (Fsp3) is 1.00. The zero-order chi connectivity index (χ0) is 12.8. The monoisotopic (exact) mass is 254 g/mol. The van der Waals surface area contributed by atoms with Gasteiger partial charge >= 0.3 is 0 Å². The second-order valence-corrected chi connectivity index (χ2v) is 6.35. The molecule has 18 heavy (non-hydrogen) atoms. The van der Waals surface area contributed by atoms with Crippen LogP contribution in [0, 0.1) is 5.41 Å². The number of hydrogen-bond donors (Lipinski definition) is 1. The summed E-state index contributed by atoms with van der Waals surface area (Å²) in [5, 5.41) is 3.48. The minimum Gasteiger partial charge on any atom is -0.384 e. The van der Waals surface area contributed by atoms with Crippen molar-refractivity contribution in [3.05, 3.63) is 0 Å². The summed E-state index contributed by atoms with van der Waals surface area (Å²) < 4.78 is 5.54. The average Bonchev–Trinajstić information content (AvgIpc) is 2.56. The molecule has 0 aromatic rings. The summed E-state index contributed by atoms with van der Waals surface area (Å²) in [7, 11) is 1.86. The Hall–Kier alpha value is -0.120. The highest BCUT2D eigenvalue weighted by Crippen LogP contribution is 2.32. The molecule has 2 rings (SSSR count). The van der Waals surface area contributed by atoms with Crippen molar-refractivity contribution in [1.29, 1.82) is 0 Å². The number of hydrogen-bond acceptors (Lipinski definition) is 3. The van der Waals surface area contributed by atoms with Gasteiger partial charge in [0.1, 0.15) is 0 Å². The summed E-state index contributed by atoms with van der Waals surface area (Å²) in [6.45, 7) is 8.19. The van der Waals surface area contributed by atoms with Gasteiger partial charge in [0.25, 0.3) is 0 Å². The Morgan fingerprint density at radius 3 is 2.72 bits per heavy atom. The highest BCUT2D eigenvalue weighted by Gasteiger charge is 2.35. The highest BCUT2D eigenvalue weighted by atomic mass is 16.5. The van der Waals surface area contributed by atoms with E-state index in [2.05, 4.69) is 17.1 Å². The number of likely N-dealkylation sites (tertiary alicyclic amines) is 1. The molecule has 0 spiro atoms. The first-order chi connectivity index (χ1) is 8.76. The largest absolute Gasteiger partial charge is 0.384 e. The van der Waals surface area contributed by atoms with E-state index in [1.165, 1.54) is 51.6 Å². The first kappa shape index (κ1) is 14.3. The van der Waals surface area contributed by atoms with Crippen LogP contribution in [0.3, 0.4) is 0 Å². The number of ether oxygens (including phenoxy) is 1. The van der Waals surface area contributed by atoms with Gasteiger partial charge in [-0.05, 0) is 52.2 Å². The SMILES string of the molecule is COCC1(CN2CCCCCC2C)CCNCC1. The van der Waals surface area contributed by atoms with E-state index in [0.29, 0.717) is 5.41 Å². The van der Waals surface area contributed by atoms with Gasteiger partial charge in [0.2, 0.25) is 0 Å². The number of rotatable bonds is 4. The zero-order valence-corrected chi connectivity index (χ0v) is 12.2. The van der Waals surface area contributed by atoms with Crippen LogP contribution in [0.5, 0.6) is 0 Å². The van der Waals surface area contributed by atoms with Crippen molar-refractivity contribution in [1.82, 2.24) is 10.2 Å². The van der Waals surface area contributed by atoms with E-state index >= 15 is 0 Å². The van der Waals surface area contributed by atoms with Crippen LogP contribution in [0.15, 0.2) is 0 Å². The Morgan fingerprint density at radius 1 is 1.22 bits per heavy atom. The summed E-state index contributed by atoms with van der Waals surface area (Å²) in [5.74, 6) is 0. The smallest absolute Gasteiger partial charge is 0.0531 e. The fourth-order valence-corrected chi connectivity index (χ4v) is 3.61. The second-order valence-electron chi connectivity index (χ2n) is 6.35. The lowest BCUT2D eigenvalue weighted by molar-refractivity contribution is 0.0132. The molecule has 0 amide bonds. The van der Waals surface area contributed by atoms with Crippen molar-refractivity contribution in [2.75, 3.05) is 39.9 Å². The molecule has 0 aromatic carbocycles. The topological polar surface area (TPSA) is 24.5 Å². The molecule has 2 saturated heterocycles. The Bertz CT molecular complexity index is 233. The van der Waals surface area contributed by atoms with Crippen LogP contribution in [0.2, 0.25) is 0 Å². The Balaban J connectivity index is 1.97. The maximum absolute atomic E-state index is 5.54. The Morgan fingerprint density at radius 2 is 2.00 bits per heavy atom. The molecule has 2 aliphatic rings. The molecular formula is C15H30N2O. The second kappa shape index (κ2) is 6.88. The van der Waals surface area contributed by atoms with Gasteiger partial charge in [-0.25, -0.2) is 0 Å². The maximum Gasteiger partial charge on any atom is 0.0531 e.